The van der Waals surface area contributed by atoms with Crippen molar-refractivity contribution in [3.8, 4) is 0 Å². The first-order valence-electron chi connectivity index (χ1n) is 7.40. The Hall–Kier alpha value is -2.35. The molecule has 0 saturated heterocycles. The number of carboxylic acids is 1. The highest BCUT2D eigenvalue weighted by atomic mass is 16.4. The first-order valence-corrected chi connectivity index (χ1v) is 7.40. The molecule has 0 unspecified atom stereocenters. The molecule has 0 aliphatic heterocycles. The summed E-state index contributed by atoms with van der Waals surface area (Å²) >= 11 is 0. The molecule has 1 N–H and O–H groups in total. The highest BCUT2D eigenvalue weighted by Crippen LogP contribution is 2.26. The summed E-state index contributed by atoms with van der Waals surface area (Å²) in [6.07, 6.45) is 1.94. The van der Waals surface area contributed by atoms with Gasteiger partial charge in [-0.15, -0.1) is 0 Å². The van der Waals surface area contributed by atoms with Crippen molar-refractivity contribution in [1.29, 1.82) is 0 Å². The Bertz CT molecular complexity index is 718. The molecule has 0 aliphatic carbocycles. The van der Waals surface area contributed by atoms with Crippen LogP contribution in [0, 0.1) is 0 Å². The van der Waals surface area contributed by atoms with Gasteiger partial charge in [-0.2, -0.15) is 0 Å². The van der Waals surface area contributed by atoms with Gasteiger partial charge in [0, 0.05) is 0 Å². The molecule has 0 aromatic heterocycles. The van der Waals surface area contributed by atoms with Crippen molar-refractivity contribution in [3.63, 3.8) is 0 Å². The number of allylic oxidation sites excluding steroid dienone is 1. The number of hydrogen-bond donors (Lipinski definition) is 1. The summed E-state index contributed by atoms with van der Waals surface area (Å²) in [4.78, 5) is 11.3. The van der Waals surface area contributed by atoms with Crippen LogP contribution in [0.25, 0.3) is 11.6 Å². The smallest absolute Gasteiger partial charge is 0.336 e. The van der Waals surface area contributed by atoms with Gasteiger partial charge in [0.1, 0.15) is 0 Å². The lowest BCUT2D eigenvalue weighted by Gasteiger charge is -2.20. The van der Waals surface area contributed by atoms with Crippen LogP contribution in [0.2, 0.25) is 0 Å². The SMILES string of the molecule is C/C(=C\c1ccccc1C(=O)O)c1cccc(C(C)(C)C)c1. The Morgan fingerprint density at radius 3 is 2.36 bits per heavy atom. The van der Waals surface area contributed by atoms with Crippen molar-refractivity contribution in [2.45, 2.75) is 33.1 Å². The Labute approximate surface area is 132 Å². The lowest BCUT2D eigenvalue weighted by Crippen LogP contribution is -2.10. The highest BCUT2D eigenvalue weighted by Gasteiger charge is 2.14. The monoisotopic (exact) mass is 294 g/mol. The molecule has 2 aromatic rings. The third-order valence-electron chi connectivity index (χ3n) is 3.75. The summed E-state index contributed by atoms with van der Waals surface area (Å²) in [6, 6.07) is 15.5. The van der Waals surface area contributed by atoms with Gasteiger partial charge in [0.05, 0.1) is 5.56 Å². The average molecular weight is 294 g/mol. The number of hydrogen-bond acceptors (Lipinski definition) is 1. The lowest BCUT2D eigenvalue weighted by molar-refractivity contribution is 0.0696. The number of rotatable bonds is 3. The van der Waals surface area contributed by atoms with E-state index in [9.17, 15) is 9.90 Å². The maximum atomic E-state index is 11.3. The highest BCUT2D eigenvalue weighted by molar-refractivity contribution is 5.95. The maximum absolute atomic E-state index is 11.3. The van der Waals surface area contributed by atoms with E-state index in [-0.39, 0.29) is 5.41 Å². The van der Waals surface area contributed by atoms with E-state index in [1.54, 1.807) is 12.1 Å². The van der Waals surface area contributed by atoms with Crippen LogP contribution in [-0.4, -0.2) is 11.1 Å². The minimum atomic E-state index is -0.900. The first kappa shape index (κ1) is 16.0. The van der Waals surface area contributed by atoms with E-state index >= 15 is 0 Å². The predicted octanol–water partition coefficient (Wildman–Crippen LogP) is 5.24. The van der Waals surface area contributed by atoms with Crippen molar-refractivity contribution in [3.05, 3.63) is 70.8 Å². The third-order valence-corrected chi connectivity index (χ3v) is 3.75. The van der Waals surface area contributed by atoms with Crippen molar-refractivity contribution < 1.29 is 9.90 Å². The molecule has 114 valence electrons. The summed E-state index contributed by atoms with van der Waals surface area (Å²) < 4.78 is 0. The van der Waals surface area contributed by atoms with Crippen molar-refractivity contribution in [1.82, 2.24) is 0 Å². The minimum Gasteiger partial charge on any atom is -0.478 e. The van der Waals surface area contributed by atoms with Crippen LogP contribution in [0.15, 0.2) is 48.5 Å². The van der Waals surface area contributed by atoms with Gasteiger partial charge in [-0.1, -0.05) is 69.3 Å². The standard InChI is InChI=1S/C20H22O2/c1-14(12-16-8-5-6-11-18(16)19(21)22)15-9-7-10-17(13-15)20(2,3)4/h5-13H,1-4H3,(H,21,22)/b14-12+. The Kier molecular flexibility index (Phi) is 4.51. The third kappa shape index (κ3) is 3.64. The fourth-order valence-electron chi connectivity index (χ4n) is 2.37. The molecule has 0 amide bonds. The summed E-state index contributed by atoms with van der Waals surface area (Å²) in [7, 11) is 0. The molecule has 22 heavy (non-hydrogen) atoms. The molecule has 0 saturated carbocycles. The van der Waals surface area contributed by atoms with Gasteiger partial charge in [0.25, 0.3) is 0 Å². The first-order chi connectivity index (χ1) is 10.3. The molecule has 0 aliphatic rings. The van der Waals surface area contributed by atoms with E-state index in [1.165, 1.54) is 5.56 Å². The molecule has 0 bridgehead atoms. The second kappa shape index (κ2) is 6.18. The Morgan fingerprint density at radius 1 is 1.05 bits per heavy atom. The zero-order valence-electron chi connectivity index (χ0n) is 13.6. The second-order valence-electron chi connectivity index (χ2n) is 6.55. The van der Waals surface area contributed by atoms with E-state index in [4.69, 9.17) is 0 Å². The molecule has 2 rings (SSSR count). The summed E-state index contributed by atoms with van der Waals surface area (Å²) in [5.41, 5.74) is 4.59. The summed E-state index contributed by atoms with van der Waals surface area (Å²) in [6.45, 7) is 8.57. The average Bonchev–Trinajstić information content (AvgIpc) is 2.47. The van der Waals surface area contributed by atoms with E-state index in [0.29, 0.717) is 5.56 Å². The van der Waals surface area contributed by atoms with Crippen molar-refractivity contribution in [2.24, 2.45) is 0 Å². The largest absolute Gasteiger partial charge is 0.478 e. The Balaban J connectivity index is 2.44. The number of aromatic carboxylic acids is 1. The molecule has 0 fully saturated rings. The lowest BCUT2D eigenvalue weighted by atomic mass is 9.85. The van der Waals surface area contributed by atoms with E-state index < -0.39 is 5.97 Å². The number of benzene rings is 2. The normalized spacial score (nSPS) is 12.3. The van der Waals surface area contributed by atoms with Crippen LogP contribution in [0.1, 0.15) is 54.7 Å². The van der Waals surface area contributed by atoms with E-state index in [0.717, 1.165) is 16.7 Å². The van der Waals surface area contributed by atoms with Crippen molar-refractivity contribution >= 4 is 17.6 Å². The van der Waals surface area contributed by atoms with Crippen LogP contribution in [0.4, 0.5) is 0 Å². The van der Waals surface area contributed by atoms with Crippen LogP contribution in [0.5, 0.6) is 0 Å². The fourth-order valence-corrected chi connectivity index (χ4v) is 2.37. The molecular weight excluding hydrogens is 272 g/mol. The van der Waals surface area contributed by atoms with Gasteiger partial charge in [-0.25, -0.2) is 4.79 Å². The molecule has 0 radical (unpaired) electrons. The molecule has 0 spiro atoms. The van der Waals surface area contributed by atoms with Crippen LogP contribution in [0.3, 0.4) is 0 Å². The molecule has 2 nitrogen and oxygen atoms in total. The van der Waals surface area contributed by atoms with Gasteiger partial charge in [0.15, 0.2) is 0 Å². The minimum absolute atomic E-state index is 0.0925. The predicted molar refractivity (Wildman–Crippen MR) is 92.1 cm³/mol. The molecule has 0 atom stereocenters. The quantitative estimate of drug-likeness (QED) is 0.786. The molecule has 2 aromatic carbocycles. The van der Waals surface area contributed by atoms with Gasteiger partial charge < -0.3 is 5.11 Å². The molecular formula is C20H22O2. The van der Waals surface area contributed by atoms with Gasteiger partial charge in [-0.05, 0) is 40.7 Å². The van der Waals surface area contributed by atoms with Gasteiger partial charge in [0.2, 0.25) is 0 Å². The Morgan fingerprint density at radius 2 is 1.73 bits per heavy atom. The maximum Gasteiger partial charge on any atom is 0.336 e. The second-order valence-corrected chi connectivity index (χ2v) is 6.55. The topological polar surface area (TPSA) is 37.3 Å². The summed E-state index contributed by atoms with van der Waals surface area (Å²) in [5, 5.41) is 9.27. The van der Waals surface area contributed by atoms with Gasteiger partial charge >= 0.3 is 5.97 Å². The summed E-state index contributed by atoms with van der Waals surface area (Å²) in [5.74, 6) is -0.900. The van der Waals surface area contributed by atoms with Crippen molar-refractivity contribution in [2.75, 3.05) is 0 Å². The van der Waals surface area contributed by atoms with E-state index in [2.05, 4.69) is 45.0 Å². The van der Waals surface area contributed by atoms with Crippen LogP contribution < -0.4 is 0 Å². The zero-order chi connectivity index (χ0) is 16.3. The van der Waals surface area contributed by atoms with E-state index in [1.807, 2.05) is 25.1 Å². The van der Waals surface area contributed by atoms with Crippen LogP contribution >= 0.6 is 0 Å². The zero-order valence-corrected chi connectivity index (χ0v) is 13.6. The molecule has 2 heteroatoms. The molecule has 0 heterocycles. The number of carboxylic acid groups (broad SMARTS) is 1. The van der Waals surface area contributed by atoms with Crippen LogP contribution in [-0.2, 0) is 5.41 Å². The fraction of sp³-hybridized carbons (Fsp3) is 0.250. The van der Waals surface area contributed by atoms with Gasteiger partial charge in [-0.3, -0.25) is 0 Å². The number of carbonyl (C=O) groups is 1.